The van der Waals surface area contributed by atoms with Gasteiger partial charge in [-0.25, -0.2) is 4.79 Å². The fourth-order valence-corrected chi connectivity index (χ4v) is 3.53. The molecule has 0 unspecified atom stereocenters. The standard InChI is InChI=1S/C20H23N5O2/c1-15-17(16-6-2-3-7-18(16)27-15)14-21-20(26)25-11-5-10-24(12-13-25)19-8-4-9-22-23-19/h2-4,6-9H,5,10-14H2,1H3,(H,21,26). The Morgan fingerprint density at radius 2 is 2.04 bits per heavy atom. The first-order chi connectivity index (χ1) is 13.2. The highest BCUT2D eigenvalue weighted by atomic mass is 16.3. The highest BCUT2D eigenvalue weighted by molar-refractivity contribution is 5.83. The molecule has 0 atom stereocenters. The summed E-state index contributed by atoms with van der Waals surface area (Å²) in [6.45, 7) is 5.41. The molecule has 1 fully saturated rings. The Kier molecular flexibility index (Phi) is 4.91. The first-order valence-corrected chi connectivity index (χ1v) is 9.25. The Balaban J connectivity index is 1.38. The molecule has 27 heavy (non-hydrogen) atoms. The number of nitrogens with one attached hydrogen (secondary N) is 1. The molecule has 1 aromatic carbocycles. The van der Waals surface area contributed by atoms with Gasteiger partial charge < -0.3 is 19.5 Å². The van der Waals surface area contributed by atoms with Crippen molar-refractivity contribution in [3.63, 3.8) is 0 Å². The Morgan fingerprint density at radius 3 is 2.89 bits per heavy atom. The number of hydrogen-bond acceptors (Lipinski definition) is 5. The second-order valence-electron chi connectivity index (χ2n) is 6.70. The van der Waals surface area contributed by atoms with Gasteiger partial charge in [-0.2, -0.15) is 5.10 Å². The molecule has 3 aromatic rings. The Morgan fingerprint density at radius 1 is 1.15 bits per heavy atom. The van der Waals surface area contributed by atoms with Gasteiger partial charge in [-0.1, -0.05) is 18.2 Å². The predicted octanol–water partition coefficient (Wildman–Crippen LogP) is 2.95. The van der Waals surface area contributed by atoms with Crippen molar-refractivity contribution in [3.05, 3.63) is 53.9 Å². The quantitative estimate of drug-likeness (QED) is 0.772. The van der Waals surface area contributed by atoms with E-state index >= 15 is 0 Å². The molecule has 4 rings (SSSR count). The number of aromatic nitrogens is 2. The normalized spacial score (nSPS) is 15.0. The highest BCUT2D eigenvalue weighted by Gasteiger charge is 2.20. The Labute approximate surface area is 158 Å². The number of carbonyl (C=O) groups excluding carboxylic acids is 1. The van der Waals surface area contributed by atoms with Gasteiger partial charge in [0.05, 0.1) is 0 Å². The van der Waals surface area contributed by atoms with Crippen molar-refractivity contribution in [1.29, 1.82) is 0 Å². The third kappa shape index (κ3) is 3.72. The van der Waals surface area contributed by atoms with E-state index in [0.29, 0.717) is 13.1 Å². The maximum absolute atomic E-state index is 12.7. The third-order valence-corrected chi connectivity index (χ3v) is 4.98. The first-order valence-electron chi connectivity index (χ1n) is 9.25. The lowest BCUT2D eigenvalue weighted by Crippen LogP contribution is -2.41. The molecule has 7 heteroatoms. The summed E-state index contributed by atoms with van der Waals surface area (Å²) in [7, 11) is 0. The van der Waals surface area contributed by atoms with Gasteiger partial charge in [0.15, 0.2) is 5.82 Å². The third-order valence-electron chi connectivity index (χ3n) is 4.98. The minimum Gasteiger partial charge on any atom is -0.461 e. The maximum Gasteiger partial charge on any atom is 0.317 e. The van der Waals surface area contributed by atoms with E-state index in [9.17, 15) is 4.79 Å². The van der Waals surface area contributed by atoms with Crippen LogP contribution in [0.4, 0.5) is 10.6 Å². The van der Waals surface area contributed by atoms with Crippen molar-refractivity contribution in [2.45, 2.75) is 19.9 Å². The minimum absolute atomic E-state index is 0.0410. The average molecular weight is 365 g/mol. The van der Waals surface area contributed by atoms with Crippen LogP contribution >= 0.6 is 0 Å². The second-order valence-corrected chi connectivity index (χ2v) is 6.70. The monoisotopic (exact) mass is 365 g/mol. The van der Waals surface area contributed by atoms with Gasteiger partial charge in [0.2, 0.25) is 0 Å². The number of benzene rings is 1. The van der Waals surface area contributed by atoms with E-state index in [1.54, 1.807) is 6.20 Å². The molecule has 2 aromatic heterocycles. The van der Waals surface area contributed by atoms with Crippen LogP contribution in [0.3, 0.4) is 0 Å². The summed E-state index contributed by atoms with van der Waals surface area (Å²) in [5.41, 5.74) is 1.89. The zero-order valence-electron chi connectivity index (χ0n) is 15.4. The lowest BCUT2D eigenvalue weighted by molar-refractivity contribution is 0.201. The zero-order chi connectivity index (χ0) is 18.6. The fourth-order valence-electron chi connectivity index (χ4n) is 3.53. The van der Waals surface area contributed by atoms with Crippen LogP contribution in [0.25, 0.3) is 11.0 Å². The number of amides is 2. The lowest BCUT2D eigenvalue weighted by atomic mass is 10.1. The molecular weight excluding hydrogens is 342 g/mol. The summed E-state index contributed by atoms with van der Waals surface area (Å²) in [5, 5.41) is 12.2. The zero-order valence-corrected chi connectivity index (χ0v) is 15.4. The van der Waals surface area contributed by atoms with Crippen molar-refractivity contribution in [2.75, 3.05) is 31.1 Å². The van der Waals surface area contributed by atoms with Crippen molar-refractivity contribution >= 4 is 22.8 Å². The van der Waals surface area contributed by atoms with Gasteiger partial charge in [-0.15, -0.1) is 5.10 Å². The molecule has 7 nitrogen and oxygen atoms in total. The van der Waals surface area contributed by atoms with Crippen LogP contribution in [0.1, 0.15) is 17.7 Å². The number of furan rings is 1. The second kappa shape index (κ2) is 7.65. The highest BCUT2D eigenvalue weighted by Crippen LogP contribution is 2.25. The van der Waals surface area contributed by atoms with Gasteiger partial charge in [0.1, 0.15) is 11.3 Å². The van der Waals surface area contributed by atoms with Crippen LogP contribution in [0.5, 0.6) is 0 Å². The average Bonchev–Trinajstić information content (AvgIpc) is 2.86. The molecule has 1 aliphatic heterocycles. The van der Waals surface area contributed by atoms with Crippen LogP contribution < -0.4 is 10.2 Å². The van der Waals surface area contributed by atoms with E-state index in [-0.39, 0.29) is 6.03 Å². The number of anilines is 1. The molecule has 0 aliphatic carbocycles. The Hall–Kier alpha value is -3.09. The number of hydrogen-bond donors (Lipinski definition) is 1. The summed E-state index contributed by atoms with van der Waals surface area (Å²) >= 11 is 0. The summed E-state index contributed by atoms with van der Waals surface area (Å²) in [4.78, 5) is 16.7. The van der Waals surface area contributed by atoms with E-state index in [1.165, 1.54) is 0 Å². The molecule has 0 bridgehead atoms. The van der Waals surface area contributed by atoms with Crippen molar-refractivity contribution in [3.8, 4) is 0 Å². The van der Waals surface area contributed by atoms with Crippen LogP contribution in [0.15, 0.2) is 47.0 Å². The molecule has 0 saturated carbocycles. The van der Waals surface area contributed by atoms with E-state index < -0.39 is 0 Å². The lowest BCUT2D eigenvalue weighted by Gasteiger charge is -2.22. The van der Waals surface area contributed by atoms with Crippen LogP contribution in [0.2, 0.25) is 0 Å². The van der Waals surface area contributed by atoms with Gasteiger partial charge >= 0.3 is 6.03 Å². The number of fused-ring (bicyclic) bond motifs is 1. The topological polar surface area (TPSA) is 74.5 Å². The molecule has 140 valence electrons. The number of para-hydroxylation sites is 1. The van der Waals surface area contributed by atoms with E-state index in [2.05, 4.69) is 20.4 Å². The Bertz CT molecular complexity index is 925. The fraction of sp³-hybridized carbons (Fsp3) is 0.350. The SMILES string of the molecule is Cc1oc2ccccc2c1CNC(=O)N1CCCN(c2cccnn2)CC1. The molecule has 3 heterocycles. The van der Waals surface area contributed by atoms with E-state index in [4.69, 9.17) is 4.42 Å². The van der Waals surface area contributed by atoms with Crippen molar-refractivity contribution in [2.24, 2.45) is 0 Å². The predicted molar refractivity (Wildman–Crippen MR) is 104 cm³/mol. The number of urea groups is 1. The molecule has 1 saturated heterocycles. The first kappa shape index (κ1) is 17.3. The van der Waals surface area contributed by atoms with Gasteiger partial charge in [-0.3, -0.25) is 0 Å². The number of nitrogens with zero attached hydrogens (tertiary/aromatic N) is 4. The molecule has 1 N–H and O–H groups in total. The van der Waals surface area contributed by atoms with Crippen molar-refractivity contribution < 1.29 is 9.21 Å². The van der Waals surface area contributed by atoms with Crippen LogP contribution in [0, 0.1) is 6.92 Å². The number of carbonyl (C=O) groups is 1. The van der Waals surface area contributed by atoms with Gasteiger partial charge in [-0.05, 0) is 31.5 Å². The van der Waals surface area contributed by atoms with Crippen LogP contribution in [-0.4, -0.2) is 47.3 Å². The summed E-state index contributed by atoms with van der Waals surface area (Å²) in [6.07, 6.45) is 2.57. The molecule has 2 amide bonds. The molecule has 0 radical (unpaired) electrons. The van der Waals surface area contributed by atoms with Crippen molar-refractivity contribution in [1.82, 2.24) is 20.4 Å². The maximum atomic E-state index is 12.7. The summed E-state index contributed by atoms with van der Waals surface area (Å²) < 4.78 is 5.78. The smallest absolute Gasteiger partial charge is 0.317 e. The largest absolute Gasteiger partial charge is 0.461 e. The van der Waals surface area contributed by atoms with E-state index in [1.807, 2.05) is 48.2 Å². The molecular formula is C20H23N5O2. The van der Waals surface area contributed by atoms with Crippen LogP contribution in [-0.2, 0) is 6.54 Å². The van der Waals surface area contributed by atoms with Gasteiger partial charge in [0.25, 0.3) is 0 Å². The molecule has 0 spiro atoms. The molecule has 1 aliphatic rings. The minimum atomic E-state index is -0.0410. The number of rotatable bonds is 3. The van der Waals surface area contributed by atoms with Gasteiger partial charge in [0, 0.05) is 49.9 Å². The number of aryl methyl sites for hydroxylation is 1. The summed E-state index contributed by atoms with van der Waals surface area (Å²) in [6, 6.07) is 11.7. The van der Waals surface area contributed by atoms with E-state index in [0.717, 1.165) is 54.2 Å². The summed E-state index contributed by atoms with van der Waals surface area (Å²) in [5.74, 6) is 1.71.